The Kier molecular flexibility index (Phi) is 5.61. The van der Waals surface area contributed by atoms with E-state index < -0.39 is 18.1 Å². The maximum atomic E-state index is 12.0. The summed E-state index contributed by atoms with van der Waals surface area (Å²) in [5.41, 5.74) is 6.18. The molecule has 1 aromatic carbocycles. The maximum absolute atomic E-state index is 12.0. The number of rotatable bonds is 5. The van der Waals surface area contributed by atoms with E-state index in [0.717, 1.165) is 16.5 Å². The standard InChI is InChI=1S/C14H16BrClN2O3/c15-10-4-3-9(16)6-8(10)7-11(13(17)19)18-14(20)12-2-1-5-21-12/h3-4,6,11-12H,1-2,5,7H2,(H2,17,19)(H,18,20)/t11-,12-/m0/s1. The highest BCUT2D eigenvalue weighted by molar-refractivity contribution is 9.10. The van der Waals surface area contributed by atoms with Gasteiger partial charge in [-0.25, -0.2) is 0 Å². The van der Waals surface area contributed by atoms with Crippen molar-refractivity contribution in [1.29, 1.82) is 0 Å². The molecule has 0 radical (unpaired) electrons. The second-order valence-corrected chi connectivity index (χ2v) is 6.20. The Morgan fingerprint density at radius 3 is 2.90 bits per heavy atom. The van der Waals surface area contributed by atoms with Gasteiger partial charge in [-0.15, -0.1) is 0 Å². The molecule has 21 heavy (non-hydrogen) atoms. The summed E-state index contributed by atoms with van der Waals surface area (Å²) in [6.45, 7) is 0.569. The Morgan fingerprint density at radius 1 is 1.52 bits per heavy atom. The first kappa shape index (κ1) is 16.3. The maximum Gasteiger partial charge on any atom is 0.249 e. The van der Waals surface area contributed by atoms with E-state index in [1.165, 1.54) is 0 Å². The minimum Gasteiger partial charge on any atom is -0.368 e. The second kappa shape index (κ2) is 7.24. The van der Waals surface area contributed by atoms with Gasteiger partial charge in [0.25, 0.3) is 0 Å². The van der Waals surface area contributed by atoms with Gasteiger partial charge in [0.2, 0.25) is 11.8 Å². The Balaban J connectivity index is 2.06. The van der Waals surface area contributed by atoms with Gasteiger partial charge in [-0.3, -0.25) is 9.59 Å². The van der Waals surface area contributed by atoms with Gasteiger partial charge in [-0.2, -0.15) is 0 Å². The molecule has 5 nitrogen and oxygen atoms in total. The minimum atomic E-state index is -0.795. The van der Waals surface area contributed by atoms with Crippen LogP contribution in [0.5, 0.6) is 0 Å². The molecular formula is C14H16BrClN2O3. The summed E-state index contributed by atoms with van der Waals surface area (Å²) >= 11 is 9.34. The number of primary amides is 1. The van der Waals surface area contributed by atoms with Crippen LogP contribution in [0.15, 0.2) is 22.7 Å². The molecule has 1 aliphatic heterocycles. The first-order valence-corrected chi connectivity index (χ1v) is 7.79. The van der Waals surface area contributed by atoms with Crippen molar-refractivity contribution in [3.8, 4) is 0 Å². The van der Waals surface area contributed by atoms with Crippen molar-refractivity contribution in [3.05, 3.63) is 33.3 Å². The summed E-state index contributed by atoms with van der Waals surface area (Å²) in [5.74, 6) is -0.886. The molecule has 0 aliphatic carbocycles. The van der Waals surface area contributed by atoms with E-state index in [4.69, 9.17) is 22.1 Å². The van der Waals surface area contributed by atoms with Crippen molar-refractivity contribution in [2.75, 3.05) is 6.61 Å². The Bertz CT molecular complexity index is 547. The zero-order chi connectivity index (χ0) is 15.4. The van der Waals surface area contributed by atoms with Crippen LogP contribution in [0.25, 0.3) is 0 Å². The fraction of sp³-hybridized carbons (Fsp3) is 0.429. The first-order chi connectivity index (χ1) is 9.97. The number of nitrogens with two attached hydrogens (primary N) is 1. The van der Waals surface area contributed by atoms with Crippen LogP contribution in [0.3, 0.4) is 0 Å². The number of hydrogen-bond donors (Lipinski definition) is 2. The van der Waals surface area contributed by atoms with Crippen LogP contribution in [0, 0.1) is 0 Å². The summed E-state index contributed by atoms with van der Waals surface area (Å²) in [7, 11) is 0. The quantitative estimate of drug-likeness (QED) is 0.823. The summed E-state index contributed by atoms with van der Waals surface area (Å²) in [6, 6.07) is 4.47. The third kappa shape index (κ3) is 4.43. The van der Waals surface area contributed by atoms with E-state index in [0.29, 0.717) is 18.1 Å². The van der Waals surface area contributed by atoms with E-state index in [-0.39, 0.29) is 12.3 Å². The Morgan fingerprint density at radius 2 is 2.29 bits per heavy atom. The van der Waals surface area contributed by atoms with Crippen molar-refractivity contribution >= 4 is 39.3 Å². The fourth-order valence-electron chi connectivity index (χ4n) is 2.19. The van der Waals surface area contributed by atoms with Crippen LogP contribution >= 0.6 is 27.5 Å². The summed E-state index contributed by atoms with van der Waals surface area (Å²) < 4.78 is 6.10. The fourth-order valence-corrected chi connectivity index (χ4v) is 2.79. The second-order valence-electron chi connectivity index (χ2n) is 4.91. The summed E-state index contributed by atoms with van der Waals surface area (Å²) in [6.07, 6.45) is 1.29. The lowest BCUT2D eigenvalue weighted by molar-refractivity contribution is -0.133. The number of carbonyl (C=O) groups is 2. The molecule has 0 saturated carbocycles. The average Bonchev–Trinajstić information content (AvgIpc) is 2.96. The van der Waals surface area contributed by atoms with E-state index in [1.807, 2.05) is 0 Å². The van der Waals surface area contributed by atoms with Crippen molar-refractivity contribution in [3.63, 3.8) is 0 Å². The molecule has 2 amide bonds. The topological polar surface area (TPSA) is 81.4 Å². The largest absolute Gasteiger partial charge is 0.368 e. The van der Waals surface area contributed by atoms with E-state index in [2.05, 4.69) is 21.2 Å². The molecule has 1 aliphatic rings. The molecule has 0 unspecified atom stereocenters. The minimum absolute atomic E-state index is 0.273. The SMILES string of the molecule is NC(=O)[C@H](Cc1cc(Cl)ccc1Br)NC(=O)[C@@H]1CCCO1. The molecule has 0 spiro atoms. The number of amides is 2. The molecule has 2 atom stereocenters. The molecule has 1 heterocycles. The van der Waals surface area contributed by atoms with Gasteiger partial charge in [0.1, 0.15) is 12.1 Å². The smallest absolute Gasteiger partial charge is 0.249 e. The Hall–Kier alpha value is -1.11. The molecule has 114 valence electrons. The predicted octanol–water partition coefficient (Wildman–Crippen LogP) is 1.79. The lowest BCUT2D eigenvalue weighted by atomic mass is 10.0. The number of ether oxygens (including phenoxy) is 1. The van der Waals surface area contributed by atoms with Crippen LogP contribution in [0.2, 0.25) is 5.02 Å². The average molecular weight is 376 g/mol. The van der Waals surface area contributed by atoms with Gasteiger partial charge in [-0.1, -0.05) is 27.5 Å². The molecule has 0 aromatic heterocycles. The molecule has 7 heteroatoms. The third-order valence-electron chi connectivity index (χ3n) is 3.31. The lowest BCUT2D eigenvalue weighted by Gasteiger charge is -2.18. The monoisotopic (exact) mass is 374 g/mol. The van der Waals surface area contributed by atoms with Crippen LogP contribution in [0.4, 0.5) is 0 Å². The zero-order valence-corrected chi connectivity index (χ0v) is 13.6. The predicted molar refractivity (Wildman–Crippen MR) is 83.0 cm³/mol. The van der Waals surface area contributed by atoms with Crippen molar-refractivity contribution < 1.29 is 14.3 Å². The highest BCUT2D eigenvalue weighted by Gasteiger charge is 2.27. The first-order valence-electron chi connectivity index (χ1n) is 6.62. The molecule has 1 fully saturated rings. The van der Waals surface area contributed by atoms with Crippen LogP contribution < -0.4 is 11.1 Å². The van der Waals surface area contributed by atoms with Gasteiger partial charge in [0.15, 0.2) is 0 Å². The number of halogens is 2. The number of benzene rings is 1. The Labute approximate surface area is 136 Å². The lowest BCUT2D eigenvalue weighted by Crippen LogP contribution is -2.49. The molecule has 2 rings (SSSR count). The van der Waals surface area contributed by atoms with Crippen LogP contribution in [-0.4, -0.2) is 30.6 Å². The van der Waals surface area contributed by atoms with Crippen molar-refractivity contribution in [1.82, 2.24) is 5.32 Å². The van der Waals surface area contributed by atoms with Crippen molar-refractivity contribution in [2.24, 2.45) is 5.73 Å². The summed E-state index contributed by atoms with van der Waals surface area (Å²) in [5, 5.41) is 3.21. The highest BCUT2D eigenvalue weighted by Crippen LogP contribution is 2.22. The van der Waals surface area contributed by atoms with Gasteiger partial charge in [0.05, 0.1) is 0 Å². The molecule has 1 saturated heterocycles. The highest BCUT2D eigenvalue weighted by atomic mass is 79.9. The third-order valence-corrected chi connectivity index (χ3v) is 4.32. The van der Waals surface area contributed by atoms with E-state index in [1.54, 1.807) is 18.2 Å². The van der Waals surface area contributed by atoms with Gasteiger partial charge in [-0.05, 0) is 36.6 Å². The van der Waals surface area contributed by atoms with Crippen molar-refractivity contribution in [2.45, 2.75) is 31.4 Å². The van der Waals surface area contributed by atoms with Crippen LogP contribution in [-0.2, 0) is 20.7 Å². The molecule has 3 N–H and O–H groups in total. The number of hydrogen-bond acceptors (Lipinski definition) is 3. The summed E-state index contributed by atoms with van der Waals surface area (Å²) in [4.78, 5) is 23.6. The van der Waals surface area contributed by atoms with Gasteiger partial charge in [0, 0.05) is 22.5 Å². The normalized spacial score (nSPS) is 19.2. The molecule has 0 bridgehead atoms. The molecular weight excluding hydrogens is 360 g/mol. The number of carbonyl (C=O) groups excluding carboxylic acids is 2. The zero-order valence-electron chi connectivity index (χ0n) is 11.3. The molecule has 1 aromatic rings. The van der Waals surface area contributed by atoms with Gasteiger partial charge < -0.3 is 15.8 Å². The van der Waals surface area contributed by atoms with Gasteiger partial charge >= 0.3 is 0 Å². The van der Waals surface area contributed by atoms with E-state index >= 15 is 0 Å². The van der Waals surface area contributed by atoms with Crippen LogP contribution in [0.1, 0.15) is 18.4 Å². The number of nitrogens with one attached hydrogen (secondary N) is 1. The van der Waals surface area contributed by atoms with E-state index in [9.17, 15) is 9.59 Å².